The summed E-state index contributed by atoms with van der Waals surface area (Å²) >= 11 is 0. The number of hydrogen-bond donors (Lipinski definition) is 3. The minimum atomic E-state index is -0.871. The van der Waals surface area contributed by atoms with Crippen LogP contribution in [-0.4, -0.2) is 52.1 Å². The van der Waals surface area contributed by atoms with E-state index < -0.39 is 23.8 Å². The van der Waals surface area contributed by atoms with E-state index in [1.54, 1.807) is 57.7 Å². The maximum atomic E-state index is 13.6. The molecule has 33 heavy (non-hydrogen) atoms. The van der Waals surface area contributed by atoms with E-state index in [0.717, 1.165) is 32.1 Å². The molecule has 184 valence electrons. The second-order valence-corrected chi connectivity index (χ2v) is 9.79. The van der Waals surface area contributed by atoms with Gasteiger partial charge in [-0.25, -0.2) is 4.79 Å². The summed E-state index contributed by atoms with van der Waals surface area (Å²) in [6, 6.07) is 3.13. The Morgan fingerprint density at radius 3 is 2.42 bits per heavy atom. The number of alkyl carbamates (subject to hydrolysis) is 1. The number of carbonyl (C=O) groups excluding carboxylic acids is 3. The number of aromatic hydroxyl groups is 1. The van der Waals surface area contributed by atoms with Crippen molar-refractivity contribution in [3.05, 3.63) is 29.3 Å². The van der Waals surface area contributed by atoms with Gasteiger partial charge >= 0.3 is 6.09 Å². The number of nitrogens with zero attached hydrogens (tertiary/aromatic N) is 1. The lowest BCUT2D eigenvalue weighted by atomic mass is 9.88. The molecular weight excluding hydrogens is 422 g/mol. The Morgan fingerprint density at radius 1 is 1.24 bits per heavy atom. The molecule has 2 atom stereocenters. The molecule has 1 aliphatic carbocycles. The summed E-state index contributed by atoms with van der Waals surface area (Å²) in [6.07, 6.45) is 3.65. The normalized spacial score (nSPS) is 15.7. The Labute approximate surface area is 197 Å². The van der Waals surface area contributed by atoms with Crippen LogP contribution in [-0.2, 0) is 14.3 Å². The summed E-state index contributed by atoms with van der Waals surface area (Å²) in [5.41, 5.74) is 0.565. The molecule has 1 aliphatic rings. The Morgan fingerprint density at radius 2 is 1.91 bits per heavy atom. The Bertz CT molecular complexity index is 845. The molecule has 0 spiro atoms. The van der Waals surface area contributed by atoms with E-state index in [1.807, 2.05) is 6.92 Å². The van der Waals surface area contributed by atoms with Crippen LogP contribution in [0.25, 0.3) is 0 Å². The van der Waals surface area contributed by atoms with Crippen LogP contribution in [0.5, 0.6) is 5.75 Å². The average Bonchev–Trinajstić information content (AvgIpc) is 2.66. The van der Waals surface area contributed by atoms with Gasteiger partial charge < -0.3 is 25.4 Å². The van der Waals surface area contributed by atoms with Crippen molar-refractivity contribution in [2.75, 3.05) is 6.54 Å². The van der Waals surface area contributed by atoms with Crippen LogP contribution in [0.15, 0.2) is 18.2 Å². The van der Waals surface area contributed by atoms with E-state index >= 15 is 0 Å². The lowest BCUT2D eigenvalue weighted by Gasteiger charge is -2.43. The molecule has 2 unspecified atom stereocenters. The van der Waals surface area contributed by atoms with Crippen LogP contribution < -0.4 is 10.6 Å². The van der Waals surface area contributed by atoms with Crippen molar-refractivity contribution >= 4 is 17.9 Å². The predicted molar refractivity (Wildman–Crippen MR) is 127 cm³/mol. The van der Waals surface area contributed by atoms with Crippen molar-refractivity contribution in [1.29, 1.82) is 0 Å². The van der Waals surface area contributed by atoms with Gasteiger partial charge in [-0.2, -0.15) is 0 Å². The minimum absolute atomic E-state index is 0.101. The number of aryl methyl sites for hydroxylation is 1. The third-order valence-electron chi connectivity index (χ3n) is 5.72. The second-order valence-electron chi connectivity index (χ2n) is 9.79. The molecule has 1 saturated carbocycles. The van der Waals surface area contributed by atoms with Crippen LogP contribution in [0.3, 0.4) is 0 Å². The molecule has 8 nitrogen and oxygen atoms in total. The standard InChI is InChI=1S/C25H39N3O5/c1-7-8-14-26-22(30)21(18-12-13-20(29)16(2)15-18)28(19-10-9-11-19)23(31)17(3)27-24(32)33-25(4,5)6/h12-13,15,17,19,21,29H,7-11,14H2,1-6H3,(H,26,30)(H,27,32). The van der Waals surface area contributed by atoms with Gasteiger partial charge in [0.25, 0.3) is 0 Å². The largest absolute Gasteiger partial charge is 0.508 e. The van der Waals surface area contributed by atoms with E-state index in [4.69, 9.17) is 4.74 Å². The highest BCUT2D eigenvalue weighted by molar-refractivity contribution is 5.92. The number of unbranched alkanes of at least 4 members (excludes halogenated alkanes) is 1. The molecule has 0 radical (unpaired) electrons. The average molecular weight is 462 g/mol. The quantitative estimate of drug-likeness (QED) is 0.483. The zero-order valence-corrected chi connectivity index (χ0v) is 20.7. The Kier molecular flexibility index (Phi) is 9.14. The fourth-order valence-electron chi connectivity index (χ4n) is 3.72. The molecule has 2 rings (SSSR count). The van der Waals surface area contributed by atoms with E-state index in [0.29, 0.717) is 17.7 Å². The first kappa shape index (κ1) is 26.5. The summed E-state index contributed by atoms with van der Waals surface area (Å²) in [6.45, 7) is 11.2. The highest BCUT2D eigenvalue weighted by Gasteiger charge is 2.41. The monoisotopic (exact) mass is 461 g/mol. The lowest BCUT2D eigenvalue weighted by molar-refractivity contribution is -0.147. The fourth-order valence-corrected chi connectivity index (χ4v) is 3.72. The highest BCUT2D eigenvalue weighted by atomic mass is 16.6. The smallest absolute Gasteiger partial charge is 0.408 e. The number of ether oxygens (including phenoxy) is 1. The molecule has 1 aromatic rings. The number of phenolic OH excluding ortho intramolecular Hbond substituents is 1. The molecule has 0 heterocycles. The first-order valence-corrected chi connectivity index (χ1v) is 11.8. The molecule has 0 aromatic heterocycles. The summed E-state index contributed by atoms with van der Waals surface area (Å²) in [5.74, 6) is -0.476. The predicted octanol–water partition coefficient (Wildman–Crippen LogP) is 3.95. The van der Waals surface area contributed by atoms with Crippen molar-refractivity contribution in [3.8, 4) is 5.75 Å². The number of benzene rings is 1. The number of rotatable bonds is 9. The van der Waals surface area contributed by atoms with Crippen LogP contribution >= 0.6 is 0 Å². The van der Waals surface area contributed by atoms with Gasteiger partial charge in [-0.3, -0.25) is 9.59 Å². The van der Waals surface area contributed by atoms with Gasteiger partial charge in [0.1, 0.15) is 23.4 Å². The van der Waals surface area contributed by atoms with Crippen LogP contribution in [0.2, 0.25) is 0 Å². The zero-order chi connectivity index (χ0) is 24.8. The highest BCUT2D eigenvalue weighted by Crippen LogP contribution is 2.34. The summed E-state index contributed by atoms with van der Waals surface area (Å²) in [7, 11) is 0. The van der Waals surface area contributed by atoms with Crippen molar-refractivity contribution in [3.63, 3.8) is 0 Å². The second kappa shape index (κ2) is 11.4. The van der Waals surface area contributed by atoms with E-state index in [1.165, 1.54) is 0 Å². The van der Waals surface area contributed by atoms with E-state index in [-0.39, 0.29) is 23.6 Å². The number of phenols is 1. The molecule has 0 aliphatic heterocycles. The SMILES string of the molecule is CCCCNC(=O)C(c1ccc(O)c(C)c1)N(C(=O)C(C)NC(=O)OC(C)(C)C)C1CCC1. The fraction of sp³-hybridized carbons (Fsp3) is 0.640. The van der Waals surface area contributed by atoms with E-state index in [2.05, 4.69) is 10.6 Å². The summed E-state index contributed by atoms with van der Waals surface area (Å²) in [5, 5.41) is 15.6. The number of carbonyl (C=O) groups is 3. The van der Waals surface area contributed by atoms with Crippen LogP contribution in [0.1, 0.15) is 83.9 Å². The number of amides is 3. The van der Waals surface area contributed by atoms with Gasteiger partial charge in [0.2, 0.25) is 11.8 Å². The van der Waals surface area contributed by atoms with Crippen LogP contribution in [0.4, 0.5) is 4.79 Å². The van der Waals surface area contributed by atoms with Crippen LogP contribution in [0, 0.1) is 6.92 Å². The Hall–Kier alpha value is -2.77. The van der Waals surface area contributed by atoms with Crippen molar-refractivity contribution in [1.82, 2.24) is 15.5 Å². The molecule has 0 bridgehead atoms. The first-order valence-electron chi connectivity index (χ1n) is 11.8. The van der Waals surface area contributed by atoms with Crippen molar-refractivity contribution < 1.29 is 24.2 Å². The molecular formula is C25H39N3O5. The van der Waals surface area contributed by atoms with Crippen molar-refractivity contribution in [2.24, 2.45) is 0 Å². The van der Waals surface area contributed by atoms with Gasteiger partial charge in [0.05, 0.1) is 0 Å². The molecule has 8 heteroatoms. The maximum Gasteiger partial charge on any atom is 0.408 e. The van der Waals surface area contributed by atoms with Crippen molar-refractivity contribution in [2.45, 2.75) is 97.4 Å². The third-order valence-corrected chi connectivity index (χ3v) is 5.72. The third kappa shape index (κ3) is 7.37. The molecule has 1 fully saturated rings. The van der Waals surface area contributed by atoms with Gasteiger partial charge in [-0.15, -0.1) is 0 Å². The summed E-state index contributed by atoms with van der Waals surface area (Å²) in [4.78, 5) is 40.8. The minimum Gasteiger partial charge on any atom is -0.508 e. The van der Waals surface area contributed by atoms with Gasteiger partial charge in [-0.1, -0.05) is 19.4 Å². The molecule has 1 aromatic carbocycles. The lowest BCUT2D eigenvalue weighted by Crippen LogP contribution is -2.56. The van der Waals surface area contributed by atoms with Gasteiger partial charge in [-0.05, 0) is 83.6 Å². The number of hydrogen-bond acceptors (Lipinski definition) is 5. The maximum absolute atomic E-state index is 13.6. The number of nitrogens with one attached hydrogen (secondary N) is 2. The Balaban J connectivity index is 2.36. The van der Waals surface area contributed by atoms with E-state index in [9.17, 15) is 19.5 Å². The molecule has 3 amide bonds. The topological polar surface area (TPSA) is 108 Å². The zero-order valence-electron chi connectivity index (χ0n) is 20.7. The van der Waals surface area contributed by atoms with Gasteiger partial charge in [0.15, 0.2) is 0 Å². The first-order chi connectivity index (χ1) is 15.4. The molecule has 0 saturated heterocycles. The summed E-state index contributed by atoms with van der Waals surface area (Å²) < 4.78 is 5.30. The van der Waals surface area contributed by atoms with Gasteiger partial charge in [0, 0.05) is 12.6 Å². The molecule has 3 N–H and O–H groups in total.